The Kier molecular flexibility index (Phi) is 4.53. The van der Waals surface area contributed by atoms with E-state index in [1.807, 2.05) is 0 Å². The Labute approximate surface area is 58.6 Å². The summed E-state index contributed by atoms with van der Waals surface area (Å²) in [6, 6.07) is 0. The number of amides is 1. The SMILES string of the molecule is C[C@H](O)CSCC(N)=O. The molecular formula is C5H11NO2S. The highest BCUT2D eigenvalue weighted by molar-refractivity contribution is 7.99. The molecule has 0 aromatic carbocycles. The number of rotatable bonds is 4. The molecule has 0 heterocycles. The molecule has 0 radical (unpaired) electrons. The van der Waals surface area contributed by atoms with Gasteiger partial charge in [0.1, 0.15) is 0 Å². The van der Waals surface area contributed by atoms with E-state index in [0.29, 0.717) is 11.5 Å². The molecule has 0 saturated carbocycles. The van der Waals surface area contributed by atoms with Crippen LogP contribution in [0.5, 0.6) is 0 Å². The summed E-state index contributed by atoms with van der Waals surface area (Å²) in [5, 5.41) is 8.69. The lowest BCUT2D eigenvalue weighted by molar-refractivity contribution is -0.115. The van der Waals surface area contributed by atoms with E-state index >= 15 is 0 Å². The summed E-state index contributed by atoms with van der Waals surface area (Å²) in [6.45, 7) is 1.67. The lowest BCUT2D eigenvalue weighted by Gasteiger charge is -1.99. The quantitative estimate of drug-likeness (QED) is 0.571. The maximum atomic E-state index is 10.1. The van der Waals surface area contributed by atoms with Crippen molar-refractivity contribution in [2.75, 3.05) is 11.5 Å². The van der Waals surface area contributed by atoms with E-state index in [1.54, 1.807) is 6.92 Å². The topological polar surface area (TPSA) is 63.3 Å². The van der Waals surface area contributed by atoms with Crippen LogP contribution in [-0.4, -0.2) is 28.6 Å². The van der Waals surface area contributed by atoms with Crippen molar-refractivity contribution in [1.82, 2.24) is 0 Å². The normalized spacial score (nSPS) is 13.1. The lowest BCUT2D eigenvalue weighted by Crippen LogP contribution is -2.15. The molecule has 3 N–H and O–H groups in total. The Hall–Kier alpha value is -0.220. The maximum Gasteiger partial charge on any atom is 0.227 e. The van der Waals surface area contributed by atoms with Gasteiger partial charge in [0.15, 0.2) is 0 Å². The van der Waals surface area contributed by atoms with Crippen molar-refractivity contribution >= 4 is 17.7 Å². The molecule has 9 heavy (non-hydrogen) atoms. The smallest absolute Gasteiger partial charge is 0.227 e. The first kappa shape index (κ1) is 8.78. The van der Waals surface area contributed by atoms with Gasteiger partial charge in [-0.1, -0.05) is 0 Å². The molecule has 0 unspecified atom stereocenters. The van der Waals surface area contributed by atoms with Crippen molar-refractivity contribution in [3.05, 3.63) is 0 Å². The van der Waals surface area contributed by atoms with Crippen LogP contribution in [0.2, 0.25) is 0 Å². The van der Waals surface area contributed by atoms with E-state index in [0.717, 1.165) is 0 Å². The molecule has 54 valence electrons. The van der Waals surface area contributed by atoms with E-state index in [1.165, 1.54) is 11.8 Å². The number of hydrogen-bond donors (Lipinski definition) is 2. The van der Waals surface area contributed by atoms with Gasteiger partial charge in [-0.15, -0.1) is 11.8 Å². The highest BCUT2D eigenvalue weighted by Gasteiger charge is 1.97. The first-order valence-electron chi connectivity index (χ1n) is 2.67. The third kappa shape index (κ3) is 7.78. The molecular weight excluding hydrogens is 138 g/mol. The van der Waals surface area contributed by atoms with Crippen molar-refractivity contribution < 1.29 is 9.90 Å². The average molecular weight is 149 g/mol. The van der Waals surface area contributed by atoms with E-state index in [4.69, 9.17) is 10.8 Å². The molecule has 0 bridgehead atoms. The monoisotopic (exact) mass is 149 g/mol. The zero-order valence-corrected chi connectivity index (χ0v) is 6.15. The molecule has 0 saturated heterocycles. The predicted molar refractivity (Wildman–Crippen MR) is 38.2 cm³/mol. The number of nitrogens with two attached hydrogens (primary N) is 1. The van der Waals surface area contributed by atoms with Gasteiger partial charge in [-0.05, 0) is 6.92 Å². The molecule has 4 heteroatoms. The van der Waals surface area contributed by atoms with Crippen LogP contribution in [0.4, 0.5) is 0 Å². The van der Waals surface area contributed by atoms with Crippen LogP contribution in [0.3, 0.4) is 0 Å². The molecule has 0 aliphatic rings. The first-order chi connectivity index (χ1) is 4.13. The highest BCUT2D eigenvalue weighted by atomic mass is 32.2. The Morgan fingerprint density at radius 2 is 2.44 bits per heavy atom. The van der Waals surface area contributed by atoms with Crippen molar-refractivity contribution in [1.29, 1.82) is 0 Å². The Morgan fingerprint density at radius 1 is 1.89 bits per heavy atom. The lowest BCUT2D eigenvalue weighted by atomic mass is 10.5. The number of hydrogen-bond acceptors (Lipinski definition) is 3. The van der Waals surface area contributed by atoms with Gasteiger partial charge in [-0.2, -0.15) is 0 Å². The fraction of sp³-hybridized carbons (Fsp3) is 0.800. The maximum absolute atomic E-state index is 10.1. The zero-order chi connectivity index (χ0) is 7.28. The second-order valence-electron chi connectivity index (χ2n) is 1.83. The minimum Gasteiger partial charge on any atom is -0.393 e. The van der Waals surface area contributed by atoms with Gasteiger partial charge in [0.25, 0.3) is 0 Å². The van der Waals surface area contributed by atoms with Crippen LogP contribution in [0.25, 0.3) is 0 Å². The van der Waals surface area contributed by atoms with Gasteiger partial charge >= 0.3 is 0 Å². The molecule has 0 fully saturated rings. The van der Waals surface area contributed by atoms with Gasteiger partial charge in [-0.3, -0.25) is 4.79 Å². The fourth-order valence-electron chi connectivity index (χ4n) is 0.330. The molecule has 0 spiro atoms. The number of primary amides is 1. The third-order valence-electron chi connectivity index (χ3n) is 0.603. The summed E-state index contributed by atoms with van der Waals surface area (Å²) >= 11 is 1.34. The van der Waals surface area contributed by atoms with Gasteiger partial charge in [0.2, 0.25) is 5.91 Å². The zero-order valence-electron chi connectivity index (χ0n) is 5.33. The van der Waals surface area contributed by atoms with Crippen LogP contribution in [0.15, 0.2) is 0 Å². The summed E-state index contributed by atoms with van der Waals surface area (Å²) < 4.78 is 0. The Bertz CT molecular complexity index is 95.0. The number of aliphatic hydroxyl groups excluding tert-OH is 1. The summed E-state index contributed by atoms with van der Waals surface area (Å²) in [5.41, 5.74) is 4.84. The summed E-state index contributed by atoms with van der Waals surface area (Å²) in [5.74, 6) is 0.536. The van der Waals surface area contributed by atoms with Gasteiger partial charge in [0, 0.05) is 5.75 Å². The van der Waals surface area contributed by atoms with Crippen molar-refractivity contribution in [2.45, 2.75) is 13.0 Å². The molecule has 0 aliphatic carbocycles. The van der Waals surface area contributed by atoms with Crippen LogP contribution in [0, 0.1) is 0 Å². The molecule has 0 rings (SSSR count). The van der Waals surface area contributed by atoms with Crippen LogP contribution in [-0.2, 0) is 4.79 Å². The Morgan fingerprint density at radius 3 is 2.78 bits per heavy atom. The first-order valence-corrected chi connectivity index (χ1v) is 3.82. The molecule has 3 nitrogen and oxygen atoms in total. The minimum atomic E-state index is -0.352. The standard InChI is InChI=1S/C5H11NO2S/c1-4(7)2-9-3-5(6)8/h4,7H,2-3H2,1H3,(H2,6,8)/t4-/m0/s1. The highest BCUT2D eigenvalue weighted by Crippen LogP contribution is 2.00. The molecule has 1 atom stereocenters. The Balaban J connectivity index is 3.01. The number of carbonyl (C=O) groups is 1. The summed E-state index contributed by atoms with van der Waals surface area (Å²) in [6.07, 6.45) is -0.352. The van der Waals surface area contributed by atoms with Crippen LogP contribution >= 0.6 is 11.8 Å². The second kappa shape index (κ2) is 4.64. The van der Waals surface area contributed by atoms with Crippen LogP contribution in [0.1, 0.15) is 6.92 Å². The summed E-state index contributed by atoms with van der Waals surface area (Å²) in [4.78, 5) is 10.1. The van der Waals surface area contributed by atoms with Gasteiger partial charge in [-0.25, -0.2) is 0 Å². The van der Waals surface area contributed by atoms with Gasteiger partial charge in [0.05, 0.1) is 11.9 Å². The van der Waals surface area contributed by atoms with Crippen LogP contribution < -0.4 is 5.73 Å². The summed E-state index contributed by atoms with van der Waals surface area (Å²) in [7, 11) is 0. The largest absolute Gasteiger partial charge is 0.393 e. The van der Waals surface area contributed by atoms with E-state index < -0.39 is 0 Å². The fourth-order valence-corrected chi connectivity index (χ4v) is 0.990. The van der Waals surface area contributed by atoms with E-state index in [2.05, 4.69) is 0 Å². The van der Waals surface area contributed by atoms with Gasteiger partial charge < -0.3 is 10.8 Å². The number of thioether (sulfide) groups is 1. The second-order valence-corrected chi connectivity index (χ2v) is 2.86. The third-order valence-corrected chi connectivity index (χ3v) is 1.81. The van der Waals surface area contributed by atoms with E-state index in [-0.39, 0.29) is 12.0 Å². The minimum absolute atomic E-state index is 0.297. The molecule has 0 aliphatic heterocycles. The predicted octanol–water partition coefficient (Wildman–Crippen LogP) is -0.414. The molecule has 0 aromatic rings. The average Bonchev–Trinajstić information content (AvgIpc) is 1.63. The molecule has 0 aromatic heterocycles. The molecule has 1 amide bonds. The van der Waals surface area contributed by atoms with Crippen molar-refractivity contribution in [3.8, 4) is 0 Å². The van der Waals surface area contributed by atoms with Crippen molar-refractivity contribution in [3.63, 3.8) is 0 Å². The number of carbonyl (C=O) groups excluding carboxylic acids is 1. The van der Waals surface area contributed by atoms with E-state index in [9.17, 15) is 4.79 Å². The van der Waals surface area contributed by atoms with Crippen molar-refractivity contribution in [2.24, 2.45) is 5.73 Å². The number of aliphatic hydroxyl groups is 1.